The van der Waals surface area contributed by atoms with Gasteiger partial charge < -0.3 is 9.47 Å². The van der Waals surface area contributed by atoms with Crippen LogP contribution in [0.2, 0.25) is 5.15 Å². The Hall–Kier alpha value is -1.97. The molecule has 5 nitrogen and oxygen atoms in total. The van der Waals surface area contributed by atoms with Crippen molar-refractivity contribution >= 4 is 23.4 Å². The summed E-state index contributed by atoms with van der Waals surface area (Å²) in [5, 5.41) is 10.00. The molecule has 2 rings (SSSR count). The summed E-state index contributed by atoms with van der Waals surface area (Å²) in [5.41, 5.74) is 1.45. The average Bonchev–Trinajstić information content (AvgIpc) is 2.58. The number of methoxy groups -OCH3 is 1. The molecule has 1 aromatic carbocycles. The van der Waals surface area contributed by atoms with E-state index in [2.05, 4.69) is 16.0 Å². The van der Waals surface area contributed by atoms with E-state index >= 15 is 0 Å². The Bertz CT molecular complexity index is 747. The molecule has 1 aromatic heterocycles. The van der Waals surface area contributed by atoms with Gasteiger partial charge >= 0.3 is 0 Å². The van der Waals surface area contributed by atoms with E-state index in [9.17, 15) is 5.26 Å². The van der Waals surface area contributed by atoms with E-state index in [0.29, 0.717) is 29.0 Å². The molecule has 0 amide bonds. The number of ether oxygens (including phenoxy) is 2. The summed E-state index contributed by atoms with van der Waals surface area (Å²) < 4.78 is 11.0. The predicted octanol–water partition coefficient (Wildman–Crippen LogP) is 4.19. The highest BCUT2D eigenvalue weighted by molar-refractivity contribution is 7.98. The van der Waals surface area contributed by atoms with Gasteiger partial charge in [0.2, 0.25) is 0 Å². The Kier molecular flexibility index (Phi) is 6.08. The fourth-order valence-corrected chi connectivity index (χ4v) is 2.59. The molecule has 0 radical (unpaired) electrons. The number of rotatable bonds is 6. The van der Waals surface area contributed by atoms with E-state index in [1.54, 1.807) is 19.2 Å². The molecule has 0 unspecified atom stereocenters. The third-order valence-electron chi connectivity index (χ3n) is 3.04. The van der Waals surface area contributed by atoms with Crippen molar-refractivity contribution in [3.05, 3.63) is 28.9 Å². The molecular weight excluding hydrogens is 334 g/mol. The number of hydrogen-bond acceptors (Lipinski definition) is 6. The maximum absolute atomic E-state index is 9.34. The molecule has 0 saturated heterocycles. The lowest BCUT2D eigenvalue weighted by molar-refractivity contribution is 0.294. The first-order chi connectivity index (χ1) is 11.1. The molecule has 0 fully saturated rings. The number of halogens is 1. The summed E-state index contributed by atoms with van der Waals surface area (Å²) in [6.07, 6.45) is 2.76. The number of thioether (sulfide) groups is 1. The molecule has 1 heterocycles. The minimum atomic E-state index is 0.145. The van der Waals surface area contributed by atoms with Gasteiger partial charge in [-0.2, -0.15) is 5.26 Å². The van der Waals surface area contributed by atoms with Gasteiger partial charge in [0.05, 0.1) is 19.4 Å². The molecule has 0 N–H and O–H groups in total. The Balaban J connectivity index is 2.54. The minimum absolute atomic E-state index is 0.145. The van der Waals surface area contributed by atoms with Crippen LogP contribution in [-0.2, 0) is 0 Å². The largest absolute Gasteiger partial charge is 0.493 e. The van der Waals surface area contributed by atoms with E-state index in [0.717, 1.165) is 12.0 Å². The van der Waals surface area contributed by atoms with Gasteiger partial charge in [-0.25, -0.2) is 9.97 Å². The van der Waals surface area contributed by atoms with Crippen molar-refractivity contribution < 1.29 is 9.47 Å². The zero-order valence-electron chi connectivity index (χ0n) is 13.1. The maximum atomic E-state index is 9.34. The van der Waals surface area contributed by atoms with Crippen molar-refractivity contribution in [3.8, 4) is 28.8 Å². The fourth-order valence-electron chi connectivity index (χ4n) is 1.96. The molecule has 0 atom stereocenters. The van der Waals surface area contributed by atoms with Crippen LogP contribution in [-0.4, -0.2) is 29.9 Å². The van der Waals surface area contributed by atoms with Crippen molar-refractivity contribution in [2.24, 2.45) is 0 Å². The summed E-state index contributed by atoms with van der Waals surface area (Å²) >= 11 is 7.46. The molecule has 0 aliphatic carbocycles. The smallest absolute Gasteiger partial charge is 0.189 e. The predicted molar refractivity (Wildman–Crippen MR) is 91.3 cm³/mol. The molecule has 0 bridgehead atoms. The average molecular weight is 350 g/mol. The molecular formula is C16H16ClN3O2S. The highest BCUT2D eigenvalue weighted by Gasteiger charge is 2.16. The lowest BCUT2D eigenvalue weighted by Crippen LogP contribution is -2.00. The van der Waals surface area contributed by atoms with Crippen LogP contribution < -0.4 is 9.47 Å². The highest BCUT2D eigenvalue weighted by Crippen LogP contribution is 2.35. The third-order valence-corrected chi connectivity index (χ3v) is 3.86. The minimum Gasteiger partial charge on any atom is -0.493 e. The van der Waals surface area contributed by atoms with E-state index in [1.165, 1.54) is 11.8 Å². The van der Waals surface area contributed by atoms with Crippen molar-refractivity contribution in [1.82, 2.24) is 9.97 Å². The third kappa shape index (κ3) is 3.87. The van der Waals surface area contributed by atoms with Gasteiger partial charge in [-0.3, -0.25) is 0 Å². The van der Waals surface area contributed by atoms with Crippen LogP contribution in [0.3, 0.4) is 0 Å². The first-order valence-electron chi connectivity index (χ1n) is 6.97. The monoisotopic (exact) mass is 349 g/mol. The van der Waals surface area contributed by atoms with Crippen LogP contribution in [0.25, 0.3) is 11.3 Å². The van der Waals surface area contributed by atoms with Gasteiger partial charge in [0.15, 0.2) is 21.8 Å². The van der Waals surface area contributed by atoms with Gasteiger partial charge in [-0.05, 0) is 30.9 Å². The molecule has 120 valence electrons. The van der Waals surface area contributed by atoms with Gasteiger partial charge in [0.1, 0.15) is 11.6 Å². The molecule has 0 saturated carbocycles. The lowest BCUT2D eigenvalue weighted by Gasteiger charge is -2.12. The van der Waals surface area contributed by atoms with E-state index in [-0.39, 0.29) is 10.7 Å². The van der Waals surface area contributed by atoms with Crippen molar-refractivity contribution in [2.75, 3.05) is 20.0 Å². The van der Waals surface area contributed by atoms with Crippen LogP contribution in [0.15, 0.2) is 23.4 Å². The number of aromatic nitrogens is 2. The number of nitrogens with zero attached hydrogens (tertiary/aromatic N) is 3. The highest BCUT2D eigenvalue weighted by atomic mass is 35.5. The second kappa shape index (κ2) is 8.04. The summed E-state index contributed by atoms with van der Waals surface area (Å²) in [6.45, 7) is 2.64. The summed E-state index contributed by atoms with van der Waals surface area (Å²) in [6, 6.07) is 7.48. The molecule has 2 aromatic rings. The van der Waals surface area contributed by atoms with Gasteiger partial charge in [0.25, 0.3) is 0 Å². The van der Waals surface area contributed by atoms with Gasteiger partial charge in [0, 0.05) is 5.56 Å². The molecule has 23 heavy (non-hydrogen) atoms. The number of hydrogen-bond donors (Lipinski definition) is 0. The Morgan fingerprint density at radius 1 is 1.30 bits per heavy atom. The Labute approximate surface area is 144 Å². The van der Waals surface area contributed by atoms with E-state index in [4.69, 9.17) is 21.1 Å². The van der Waals surface area contributed by atoms with Crippen molar-refractivity contribution in [2.45, 2.75) is 18.5 Å². The standard InChI is InChI=1S/C16H16ClN3O2S/c1-4-7-22-12-6-5-10(8-13(12)21-2)14-11(9-18)15(17)20-16(19-14)23-3/h5-6,8H,4,7H2,1-3H3. The maximum Gasteiger partial charge on any atom is 0.189 e. The molecule has 0 aliphatic rings. The zero-order valence-corrected chi connectivity index (χ0v) is 14.7. The SMILES string of the molecule is CCCOc1ccc(-c2nc(SC)nc(Cl)c2C#N)cc1OC. The molecule has 0 spiro atoms. The van der Waals surface area contributed by atoms with Crippen LogP contribution in [0, 0.1) is 11.3 Å². The Morgan fingerprint density at radius 2 is 2.09 bits per heavy atom. The van der Waals surface area contributed by atoms with Crippen molar-refractivity contribution in [1.29, 1.82) is 5.26 Å². The topological polar surface area (TPSA) is 68.0 Å². The van der Waals surface area contributed by atoms with Crippen LogP contribution in [0.4, 0.5) is 0 Å². The van der Waals surface area contributed by atoms with E-state index in [1.807, 2.05) is 19.2 Å². The molecule has 0 aliphatic heterocycles. The first kappa shape index (κ1) is 17.4. The fraction of sp³-hybridized carbons (Fsp3) is 0.312. The van der Waals surface area contributed by atoms with Crippen LogP contribution in [0.5, 0.6) is 11.5 Å². The summed E-state index contributed by atoms with van der Waals surface area (Å²) in [5.74, 6) is 1.24. The van der Waals surface area contributed by atoms with E-state index < -0.39 is 0 Å². The normalized spacial score (nSPS) is 10.2. The Morgan fingerprint density at radius 3 is 2.70 bits per heavy atom. The van der Waals surface area contributed by atoms with Crippen LogP contribution >= 0.6 is 23.4 Å². The van der Waals surface area contributed by atoms with Crippen LogP contribution in [0.1, 0.15) is 18.9 Å². The van der Waals surface area contributed by atoms with Gasteiger partial charge in [-0.1, -0.05) is 30.3 Å². The van der Waals surface area contributed by atoms with Crippen molar-refractivity contribution in [3.63, 3.8) is 0 Å². The second-order valence-corrected chi connectivity index (χ2v) is 5.68. The quantitative estimate of drug-likeness (QED) is 0.442. The van der Waals surface area contributed by atoms with Gasteiger partial charge in [-0.15, -0.1) is 0 Å². The molecule has 7 heteroatoms. The zero-order chi connectivity index (χ0) is 16.8. The summed E-state index contributed by atoms with van der Waals surface area (Å²) in [4.78, 5) is 8.50. The lowest BCUT2D eigenvalue weighted by atomic mass is 10.1. The number of benzene rings is 1. The second-order valence-electron chi connectivity index (χ2n) is 4.55. The first-order valence-corrected chi connectivity index (χ1v) is 8.57. The summed E-state index contributed by atoms with van der Waals surface area (Å²) in [7, 11) is 1.57. The number of nitriles is 1.